The van der Waals surface area contributed by atoms with Crippen LogP contribution in [0.3, 0.4) is 0 Å². The van der Waals surface area contributed by atoms with Crippen molar-refractivity contribution in [3.05, 3.63) is 51.1 Å². The van der Waals surface area contributed by atoms with Crippen LogP contribution in [0.1, 0.15) is 11.1 Å². The highest BCUT2D eigenvalue weighted by Gasteiger charge is 2.09. The number of hydrogen-bond acceptors (Lipinski definition) is 2. The number of benzene rings is 1. The topological polar surface area (TPSA) is 36.7 Å². The summed E-state index contributed by atoms with van der Waals surface area (Å²) in [5.74, 6) is 0. The fourth-order valence-electron chi connectivity index (χ4n) is 1.57. The molecule has 2 aromatic rings. The first kappa shape index (κ1) is 12.1. The van der Waals surface area contributed by atoms with E-state index in [0.717, 1.165) is 21.3 Å². The molecular formula is C13H8BrClN2. The molecule has 0 spiro atoms. The highest BCUT2D eigenvalue weighted by Crippen LogP contribution is 2.26. The Bertz CT molecular complexity index is 600. The van der Waals surface area contributed by atoms with Crippen molar-refractivity contribution < 1.29 is 0 Å². The van der Waals surface area contributed by atoms with Gasteiger partial charge in [-0.25, -0.2) is 4.98 Å². The van der Waals surface area contributed by atoms with E-state index in [-0.39, 0.29) is 5.15 Å². The molecule has 2 rings (SSSR count). The summed E-state index contributed by atoms with van der Waals surface area (Å²) in [6.07, 6.45) is 0. The van der Waals surface area contributed by atoms with E-state index in [1.165, 1.54) is 0 Å². The van der Waals surface area contributed by atoms with Gasteiger partial charge in [0, 0.05) is 10.0 Å². The molecular weight excluding hydrogens is 300 g/mol. The summed E-state index contributed by atoms with van der Waals surface area (Å²) in [7, 11) is 0. The van der Waals surface area contributed by atoms with E-state index in [1.54, 1.807) is 6.07 Å². The van der Waals surface area contributed by atoms with E-state index in [1.807, 2.05) is 37.3 Å². The van der Waals surface area contributed by atoms with Gasteiger partial charge in [-0.05, 0) is 30.7 Å². The highest BCUT2D eigenvalue weighted by atomic mass is 79.9. The summed E-state index contributed by atoms with van der Waals surface area (Å²) in [6.45, 7) is 1.92. The molecule has 1 aromatic heterocycles. The van der Waals surface area contributed by atoms with Crippen molar-refractivity contribution in [3.8, 4) is 17.3 Å². The molecule has 0 fully saturated rings. The normalized spacial score (nSPS) is 10.0. The van der Waals surface area contributed by atoms with Crippen molar-refractivity contribution in [2.24, 2.45) is 0 Å². The van der Waals surface area contributed by atoms with E-state index in [0.29, 0.717) is 5.56 Å². The zero-order chi connectivity index (χ0) is 12.4. The predicted octanol–water partition coefficient (Wildman–Crippen LogP) is 4.34. The Morgan fingerprint density at radius 3 is 2.53 bits per heavy atom. The molecule has 0 radical (unpaired) electrons. The standard InChI is InChI=1S/C13H8BrClN2/c1-8-6-10(7-16)13(15)17-12(8)9-2-4-11(14)5-3-9/h2-6H,1H3. The van der Waals surface area contributed by atoms with Crippen LogP contribution in [0.5, 0.6) is 0 Å². The van der Waals surface area contributed by atoms with Gasteiger partial charge in [0.05, 0.1) is 11.3 Å². The third-order valence-electron chi connectivity index (χ3n) is 2.40. The fourth-order valence-corrected chi connectivity index (χ4v) is 2.02. The van der Waals surface area contributed by atoms with Gasteiger partial charge in [-0.15, -0.1) is 0 Å². The molecule has 0 N–H and O–H groups in total. The molecule has 0 saturated carbocycles. The lowest BCUT2D eigenvalue weighted by Crippen LogP contribution is -1.92. The van der Waals surface area contributed by atoms with E-state index in [2.05, 4.69) is 20.9 Å². The van der Waals surface area contributed by atoms with Gasteiger partial charge in [0.15, 0.2) is 0 Å². The third-order valence-corrected chi connectivity index (χ3v) is 3.22. The first-order valence-corrected chi connectivity index (χ1v) is 6.12. The number of aromatic nitrogens is 1. The summed E-state index contributed by atoms with van der Waals surface area (Å²) in [4.78, 5) is 4.27. The van der Waals surface area contributed by atoms with Gasteiger partial charge in [0.2, 0.25) is 0 Å². The van der Waals surface area contributed by atoms with Crippen molar-refractivity contribution in [2.75, 3.05) is 0 Å². The zero-order valence-corrected chi connectivity index (χ0v) is 11.4. The maximum atomic E-state index is 8.86. The van der Waals surface area contributed by atoms with E-state index >= 15 is 0 Å². The van der Waals surface area contributed by atoms with Crippen molar-refractivity contribution in [1.82, 2.24) is 4.98 Å². The maximum absolute atomic E-state index is 8.86. The second-order valence-electron chi connectivity index (χ2n) is 3.61. The van der Waals surface area contributed by atoms with Crippen molar-refractivity contribution >= 4 is 27.5 Å². The van der Waals surface area contributed by atoms with Crippen LogP contribution in [0.2, 0.25) is 5.15 Å². The molecule has 2 nitrogen and oxygen atoms in total. The van der Waals surface area contributed by atoms with E-state index in [9.17, 15) is 0 Å². The molecule has 0 bridgehead atoms. The molecule has 0 aliphatic rings. The molecule has 17 heavy (non-hydrogen) atoms. The number of nitriles is 1. The van der Waals surface area contributed by atoms with Crippen LogP contribution in [-0.2, 0) is 0 Å². The van der Waals surface area contributed by atoms with E-state index < -0.39 is 0 Å². The molecule has 0 amide bonds. The van der Waals surface area contributed by atoms with Gasteiger partial charge in [0.1, 0.15) is 11.2 Å². The molecule has 1 aromatic carbocycles. The Balaban J connectivity index is 2.57. The minimum absolute atomic E-state index is 0.246. The largest absolute Gasteiger partial charge is 0.234 e. The van der Waals surface area contributed by atoms with Gasteiger partial charge < -0.3 is 0 Å². The Morgan fingerprint density at radius 1 is 1.29 bits per heavy atom. The number of nitrogens with zero attached hydrogens (tertiary/aromatic N) is 2. The lowest BCUT2D eigenvalue weighted by Gasteiger charge is -2.06. The van der Waals surface area contributed by atoms with Crippen molar-refractivity contribution in [2.45, 2.75) is 6.92 Å². The zero-order valence-electron chi connectivity index (χ0n) is 9.04. The predicted molar refractivity (Wildman–Crippen MR) is 71.8 cm³/mol. The number of hydrogen-bond donors (Lipinski definition) is 0. The number of aryl methyl sites for hydroxylation is 1. The number of pyridine rings is 1. The Hall–Kier alpha value is -1.37. The van der Waals surface area contributed by atoms with Gasteiger partial charge in [0.25, 0.3) is 0 Å². The average molecular weight is 308 g/mol. The number of halogens is 2. The minimum atomic E-state index is 0.246. The fraction of sp³-hybridized carbons (Fsp3) is 0.0769. The minimum Gasteiger partial charge on any atom is -0.234 e. The maximum Gasteiger partial charge on any atom is 0.147 e. The summed E-state index contributed by atoms with van der Waals surface area (Å²) in [5, 5.41) is 9.11. The molecule has 0 aliphatic carbocycles. The summed E-state index contributed by atoms with van der Waals surface area (Å²) in [6, 6.07) is 11.6. The molecule has 0 unspecified atom stereocenters. The first-order valence-electron chi connectivity index (χ1n) is 4.95. The first-order chi connectivity index (χ1) is 8.11. The molecule has 0 saturated heterocycles. The lowest BCUT2D eigenvalue weighted by molar-refractivity contribution is 1.25. The summed E-state index contributed by atoms with van der Waals surface area (Å²) in [5.41, 5.74) is 3.14. The number of rotatable bonds is 1. The average Bonchev–Trinajstić information content (AvgIpc) is 2.33. The summed E-state index contributed by atoms with van der Waals surface area (Å²) < 4.78 is 1.01. The van der Waals surface area contributed by atoms with Crippen LogP contribution in [0, 0.1) is 18.3 Å². The van der Waals surface area contributed by atoms with Gasteiger partial charge in [-0.1, -0.05) is 39.7 Å². The van der Waals surface area contributed by atoms with Crippen LogP contribution in [0.25, 0.3) is 11.3 Å². The SMILES string of the molecule is Cc1cc(C#N)c(Cl)nc1-c1ccc(Br)cc1. The second kappa shape index (κ2) is 4.87. The quantitative estimate of drug-likeness (QED) is 0.735. The van der Waals surface area contributed by atoms with Crippen LogP contribution in [0.15, 0.2) is 34.8 Å². The molecule has 0 aliphatic heterocycles. The Morgan fingerprint density at radius 2 is 1.94 bits per heavy atom. The summed E-state index contributed by atoms with van der Waals surface area (Å²) >= 11 is 9.32. The van der Waals surface area contributed by atoms with Crippen LogP contribution in [0.4, 0.5) is 0 Å². The van der Waals surface area contributed by atoms with Crippen molar-refractivity contribution in [3.63, 3.8) is 0 Å². The molecule has 1 heterocycles. The molecule has 4 heteroatoms. The lowest BCUT2D eigenvalue weighted by atomic mass is 10.1. The monoisotopic (exact) mass is 306 g/mol. The van der Waals surface area contributed by atoms with Crippen LogP contribution >= 0.6 is 27.5 Å². The van der Waals surface area contributed by atoms with Crippen LogP contribution in [-0.4, -0.2) is 4.98 Å². The third kappa shape index (κ3) is 2.49. The van der Waals surface area contributed by atoms with Gasteiger partial charge in [-0.2, -0.15) is 5.26 Å². The van der Waals surface area contributed by atoms with Crippen molar-refractivity contribution in [1.29, 1.82) is 5.26 Å². The highest BCUT2D eigenvalue weighted by molar-refractivity contribution is 9.10. The Labute approximate surface area is 113 Å². The Kier molecular flexibility index (Phi) is 3.46. The molecule has 0 atom stereocenters. The van der Waals surface area contributed by atoms with E-state index in [4.69, 9.17) is 16.9 Å². The molecule has 84 valence electrons. The second-order valence-corrected chi connectivity index (χ2v) is 4.88. The van der Waals surface area contributed by atoms with Gasteiger partial charge in [-0.3, -0.25) is 0 Å². The smallest absolute Gasteiger partial charge is 0.147 e. The van der Waals surface area contributed by atoms with Gasteiger partial charge >= 0.3 is 0 Å². The van der Waals surface area contributed by atoms with Crippen LogP contribution < -0.4 is 0 Å².